The second kappa shape index (κ2) is 5.65. The van der Waals surface area contributed by atoms with Gasteiger partial charge in [0.05, 0.1) is 11.4 Å². The Morgan fingerprint density at radius 2 is 1.63 bits per heavy atom. The molecule has 0 heterocycles. The molecule has 0 saturated carbocycles. The van der Waals surface area contributed by atoms with E-state index in [2.05, 4.69) is 5.32 Å². The number of hydrogen-bond donors (Lipinski definition) is 2. The van der Waals surface area contributed by atoms with Crippen LogP contribution in [-0.4, -0.2) is 6.54 Å². The number of rotatable bonds is 4. The van der Waals surface area contributed by atoms with Gasteiger partial charge in [-0.1, -0.05) is 6.07 Å². The number of nitrogens with one attached hydrogen (secondary N) is 1. The summed E-state index contributed by atoms with van der Waals surface area (Å²) in [5.41, 5.74) is 6.91. The molecular weight excluding hydrogens is 253 g/mol. The minimum atomic E-state index is -0.600. The van der Waals surface area contributed by atoms with Crippen molar-refractivity contribution in [2.75, 3.05) is 17.6 Å². The van der Waals surface area contributed by atoms with Gasteiger partial charge in [-0.05, 0) is 36.2 Å². The lowest BCUT2D eigenvalue weighted by Crippen LogP contribution is -2.08. The molecule has 0 aromatic heterocycles. The maximum atomic E-state index is 13.4. The molecule has 19 heavy (non-hydrogen) atoms. The van der Waals surface area contributed by atoms with Crippen LogP contribution < -0.4 is 11.1 Å². The minimum absolute atomic E-state index is 0.291. The van der Waals surface area contributed by atoms with Gasteiger partial charge in [0, 0.05) is 12.6 Å². The van der Waals surface area contributed by atoms with E-state index in [1.165, 1.54) is 30.3 Å². The summed E-state index contributed by atoms with van der Waals surface area (Å²) in [4.78, 5) is 0. The van der Waals surface area contributed by atoms with Gasteiger partial charge in [-0.3, -0.25) is 0 Å². The average Bonchev–Trinajstić information content (AvgIpc) is 2.34. The summed E-state index contributed by atoms with van der Waals surface area (Å²) in [7, 11) is 0. The Labute approximate surface area is 109 Å². The number of anilines is 2. The van der Waals surface area contributed by atoms with Gasteiger partial charge in [-0.2, -0.15) is 0 Å². The number of benzene rings is 2. The van der Waals surface area contributed by atoms with Crippen LogP contribution in [0.4, 0.5) is 24.5 Å². The molecule has 0 fully saturated rings. The van der Waals surface area contributed by atoms with Gasteiger partial charge in [0.15, 0.2) is 0 Å². The average molecular weight is 266 g/mol. The monoisotopic (exact) mass is 266 g/mol. The first-order valence-corrected chi connectivity index (χ1v) is 5.79. The zero-order chi connectivity index (χ0) is 13.8. The fourth-order valence-corrected chi connectivity index (χ4v) is 1.75. The Morgan fingerprint density at radius 3 is 2.32 bits per heavy atom. The van der Waals surface area contributed by atoms with Gasteiger partial charge >= 0.3 is 0 Å². The number of nitrogens with two attached hydrogens (primary N) is 1. The van der Waals surface area contributed by atoms with Crippen molar-refractivity contribution >= 4 is 11.4 Å². The summed E-state index contributed by atoms with van der Waals surface area (Å²) in [5.74, 6) is -1.58. The minimum Gasteiger partial charge on any atom is -0.397 e. The Morgan fingerprint density at radius 1 is 0.947 bits per heavy atom. The van der Waals surface area contributed by atoms with Crippen LogP contribution in [0.15, 0.2) is 36.4 Å². The maximum Gasteiger partial charge on any atom is 0.129 e. The quantitative estimate of drug-likeness (QED) is 0.833. The topological polar surface area (TPSA) is 38.0 Å². The van der Waals surface area contributed by atoms with Crippen LogP contribution in [0.2, 0.25) is 0 Å². The van der Waals surface area contributed by atoms with E-state index in [4.69, 9.17) is 5.73 Å². The molecule has 0 amide bonds. The summed E-state index contributed by atoms with van der Waals surface area (Å²) in [6.07, 6.45) is 0.378. The van der Waals surface area contributed by atoms with Crippen LogP contribution >= 0.6 is 0 Å². The molecule has 2 aromatic rings. The van der Waals surface area contributed by atoms with Crippen molar-refractivity contribution in [3.8, 4) is 0 Å². The third kappa shape index (κ3) is 3.40. The summed E-state index contributed by atoms with van der Waals surface area (Å²) < 4.78 is 38.9. The molecule has 0 saturated heterocycles. The number of hydrogen-bond acceptors (Lipinski definition) is 2. The lowest BCUT2D eigenvalue weighted by molar-refractivity contribution is 0.572. The predicted molar refractivity (Wildman–Crippen MR) is 69.4 cm³/mol. The van der Waals surface area contributed by atoms with Gasteiger partial charge in [0.2, 0.25) is 0 Å². The molecule has 100 valence electrons. The molecule has 2 nitrogen and oxygen atoms in total. The molecule has 2 aromatic carbocycles. The fourth-order valence-electron chi connectivity index (χ4n) is 1.75. The maximum absolute atomic E-state index is 13.4. The molecule has 0 bridgehead atoms. The molecule has 0 aliphatic rings. The van der Waals surface area contributed by atoms with E-state index in [1.54, 1.807) is 0 Å². The fraction of sp³-hybridized carbons (Fsp3) is 0.143. The smallest absolute Gasteiger partial charge is 0.129 e. The van der Waals surface area contributed by atoms with Crippen molar-refractivity contribution in [2.45, 2.75) is 6.42 Å². The van der Waals surface area contributed by atoms with Crippen LogP contribution in [0.1, 0.15) is 5.56 Å². The lowest BCUT2D eigenvalue weighted by atomic mass is 10.1. The van der Waals surface area contributed by atoms with Crippen molar-refractivity contribution in [2.24, 2.45) is 0 Å². The van der Waals surface area contributed by atoms with Crippen LogP contribution in [-0.2, 0) is 6.42 Å². The SMILES string of the molecule is Nc1cc(F)ccc1NCCc1ccc(F)cc1F. The first kappa shape index (κ1) is 13.3. The summed E-state index contributed by atoms with van der Waals surface area (Å²) >= 11 is 0. The van der Waals surface area contributed by atoms with Gasteiger partial charge in [-0.15, -0.1) is 0 Å². The van der Waals surface area contributed by atoms with Crippen LogP contribution in [0.25, 0.3) is 0 Å². The van der Waals surface area contributed by atoms with E-state index in [-0.39, 0.29) is 0 Å². The molecule has 0 aliphatic heterocycles. The van der Waals surface area contributed by atoms with E-state index in [1.807, 2.05) is 0 Å². The Balaban J connectivity index is 1.96. The molecule has 0 spiro atoms. The standard InChI is InChI=1S/C14H13F3N2/c15-10-2-1-9(12(17)7-10)5-6-19-14-4-3-11(16)8-13(14)18/h1-4,7-8,19H,5-6,18H2. The van der Waals surface area contributed by atoms with Crippen molar-refractivity contribution in [3.05, 3.63) is 59.4 Å². The summed E-state index contributed by atoms with van der Waals surface area (Å²) in [6.45, 7) is 0.415. The molecular formula is C14H13F3N2. The highest BCUT2D eigenvalue weighted by Gasteiger charge is 2.04. The van der Waals surface area contributed by atoms with Gasteiger partial charge < -0.3 is 11.1 Å². The van der Waals surface area contributed by atoms with E-state index < -0.39 is 17.5 Å². The molecule has 0 radical (unpaired) electrons. The third-order valence-corrected chi connectivity index (χ3v) is 2.74. The van der Waals surface area contributed by atoms with E-state index in [9.17, 15) is 13.2 Å². The molecule has 0 atom stereocenters. The van der Waals surface area contributed by atoms with Gasteiger partial charge in [0.1, 0.15) is 17.5 Å². The first-order chi connectivity index (χ1) is 9.06. The molecule has 0 aliphatic carbocycles. The zero-order valence-electron chi connectivity index (χ0n) is 10.1. The largest absolute Gasteiger partial charge is 0.397 e. The van der Waals surface area contributed by atoms with Crippen molar-refractivity contribution in [1.82, 2.24) is 0 Å². The second-order valence-electron chi connectivity index (χ2n) is 4.14. The highest BCUT2D eigenvalue weighted by atomic mass is 19.1. The summed E-state index contributed by atoms with van der Waals surface area (Å²) in [5, 5.41) is 2.98. The molecule has 3 N–H and O–H groups in total. The third-order valence-electron chi connectivity index (χ3n) is 2.74. The van der Waals surface area contributed by atoms with Crippen LogP contribution in [0.5, 0.6) is 0 Å². The normalized spacial score (nSPS) is 10.5. The highest BCUT2D eigenvalue weighted by molar-refractivity contribution is 5.65. The Bertz CT molecular complexity index is 533. The molecule has 5 heteroatoms. The van der Waals surface area contributed by atoms with E-state index >= 15 is 0 Å². The number of halogens is 3. The summed E-state index contributed by atoms with van der Waals surface area (Å²) in [6, 6.07) is 7.48. The van der Waals surface area contributed by atoms with Crippen molar-refractivity contribution in [1.29, 1.82) is 0 Å². The molecule has 0 unspecified atom stereocenters. The molecule has 2 rings (SSSR count). The first-order valence-electron chi connectivity index (χ1n) is 5.79. The van der Waals surface area contributed by atoms with E-state index in [0.717, 1.165) is 6.07 Å². The number of nitrogen functional groups attached to an aromatic ring is 1. The van der Waals surface area contributed by atoms with E-state index in [0.29, 0.717) is 29.9 Å². The second-order valence-corrected chi connectivity index (χ2v) is 4.14. The zero-order valence-corrected chi connectivity index (χ0v) is 10.1. The van der Waals surface area contributed by atoms with Crippen molar-refractivity contribution in [3.63, 3.8) is 0 Å². The lowest BCUT2D eigenvalue weighted by Gasteiger charge is -2.09. The van der Waals surface area contributed by atoms with Gasteiger partial charge in [-0.25, -0.2) is 13.2 Å². The van der Waals surface area contributed by atoms with Crippen LogP contribution in [0, 0.1) is 17.5 Å². The van der Waals surface area contributed by atoms with Crippen LogP contribution in [0.3, 0.4) is 0 Å². The van der Waals surface area contributed by atoms with Crippen molar-refractivity contribution < 1.29 is 13.2 Å². The Kier molecular flexibility index (Phi) is 3.94. The highest BCUT2D eigenvalue weighted by Crippen LogP contribution is 2.19. The predicted octanol–water partition coefficient (Wildman–Crippen LogP) is 3.34. The Hall–Kier alpha value is -2.17. The van der Waals surface area contributed by atoms with Gasteiger partial charge in [0.25, 0.3) is 0 Å².